The van der Waals surface area contributed by atoms with Gasteiger partial charge in [0.25, 0.3) is 17.9 Å². The van der Waals surface area contributed by atoms with Gasteiger partial charge in [0.05, 0.1) is 6.54 Å². The predicted octanol–water partition coefficient (Wildman–Crippen LogP) is 5.16. The molecule has 7 N–H and O–H groups in total. The first-order valence-corrected chi connectivity index (χ1v) is 13.7. The van der Waals surface area contributed by atoms with Crippen molar-refractivity contribution in [2.75, 3.05) is 17.6 Å². The molecule has 12 nitrogen and oxygen atoms in total. The van der Waals surface area contributed by atoms with E-state index in [1.165, 1.54) is 31.7 Å². The van der Waals surface area contributed by atoms with Gasteiger partial charge in [0, 0.05) is 67.1 Å². The highest BCUT2D eigenvalue weighted by Crippen LogP contribution is 2.39. The number of rotatable bonds is 7. The SMILES string of the molecule is C=CCNCc1ccc2sc(-c3cc(Nc4ccnc(N)n4)cc4c3CN=C4)cc2c1.CC(=O)O.CC(=O)O.CC(=O)O. The van der Waals surface area contributed by atoms with E-state index in [0.29, 0.717) is 12.4 Å². The third-order valence-corrected chi connectivity index (χ3v) is 6.32. The Bertz CT molecular complexity index is 1580. The Labute approximate surface area is 252 Å². The lowest BCUT2D eigenvalue weighted by atomic mass is 10.00. The molecule has 0 saturated carbocycles. The topological polar surface area (TPSA) is 200 Å². The fourth-order valence-corrected chi connectivity index (χ4v) is 4.85. The van der Waals surface area contributed by atoms with Gasteiger partial charge >= 0.3 is 0 Å². The molecule has 0 amide bonds. The number of carbonyl (C=O) groups is 3. The number of aliphatic imine (C=N–C) groups is 1. The molecular formula is C30H34N6O6S. The van der Waals surface area contributed by atoms with Gasteiger partial charge in [0.15, 0.2) is 0 Å². The lowest BCUT2D eigenvalue weighted by Gasteiger charge is -2.12. The lowest BCUT2D eigenvalue weighted by molar-refractivity contribution is -0.135. The number of nitrogen functional groups attached to an aromatic ring is 1. The van der Waals surface area contributed by atoms with E-state index in [1.54, 1.807) is 23.6 Å². The molecular weight excluding hydrogens is 572 g/mol. The number of nitrogens with zero attached hydrogens (tertiary/aromatic N) is 3. The summed E-state index contributed by atoms with van der Waals surface area (Å²) in [6, 6.07) is 15.0. The van der Waals surface area contributed by atoms with Gasteiger partial charge in [-0.1, -0.05) is 12.1 Å². The monoisotopic (exact) mass is 606 g/mol. The first-order chi connectivity index (χ1) is 20.4. The van der Waals surface area contributed by atoms with E-state index < -0.39 is 17.9 Å². The van der Waals surface area contributed by atoms with Crippen LogP contribution in [-0.4, -0.2) is 56.0 Å². The normalized spacial score (nSPS) is 10.6. The summed E-state index contributed by atoms with van der Waals surface area (Å²) in [5.74, 6) is -1.59. The van der Waals surface area contributed by atoms with E-state index in [0.717, 1.165) is 45.1 Å². The van der Waals surface area contributed by atoms with Crippen molar-refractivity contribution in [1.29, 1.82) is 0 Å². The number of thiophene rings is 1. The van der Waals surface area contributed by atoms with Gasteiger partial charge in [-0.05, 0) is 58.5 Å². The Morgan fingerprint density at radius 3 is 2.33 bits per heavy atom. The standard InChI is InChI=1S/C24H22N6S.3C2H4O2/c1-2-6-26-12-15-3-4-21-16(8-15)10-22(31-21)19-11-18(9-17-13-27-14-20(17)19)29-23-5-7-28-24(25)30-23;3*1-2(3)4/h2-5,7-11,13,26H,1,6,12,14H2,(H3,25,28,29,30);3*1H3,(H,3,4). The van der Waals surface area contributed by atoms with E-state index in [9.17, 15) is 0 Å². The molecule has 0 unspecified atom stereocenters. The molecule has 13 heteroatoms. The van der Waals surface area contributed by atoms with Crippen molar-refractivity contribution >= 4 is 63.0 Å². The van der Waals surface area contributed by atoms with Crippen molar-refractivity contribution in [3.63, 3.8) is 0 Å². The minimum atomic E-state index is -0.833. The number of fused-ring (bicyclic) bond motifs is 2. The first-order valence-electron chi connectivity index (χ1n) is 12.8. The molecule has 3 heterocycles. The van der Waals surface area contributed by atoms with E-state index in [4.69, 9.17) is 35.4 Å². The highest BCUT2D eigenvalue weighted by molar-refractivity contribution is 7.22. The van der Waals surface area contributed by atoms with Crippen molar-refractivity contribution in [3.8, 4) is 10.4 Å². The van der Waals surface area contributed by atoms with Gasteiger partial charge in [0.1, 0.15) is 5.82 Å². The number of hydrogen-bond acceptors (Lipinski definition) is 10. The van der Waals surface area contributed by atoms with Crippen LogP contribution in [0.4, 0.5) is 17.5 Å². The molecule has 43 heavy (non-hydrogen) atoms. The molecule has 4 aromatic rings. The zero-order chi connectivity index (χ0) is 31.9. The van der Waals surface area contributed by atoms with Crippen molar-refractivity contribution in [2.45, 2.75) is 33.9 Å². The summed E-state index contributed by atoms with van der Waals surface area (Å²) in [6.07, 6.45) is 5.46. The highest BCUT2D eigenvalue weighted by atomic mass is 32.1. The van der Waals surface area contributed by atoms with E-state index >= 15 is 0 Å². The Hall–Kier alpha value is -5.14. The van der Waals surface area contributed by atoms with E-state index in [2.05, 4.69) is 68.6 Å². The van der Waals surface area contributed by atoms with Crippen LogP contribution in [0.2, 0.25) is 0 Å². The molecule has 0 atom stereocenters. The molecule has 1 aliphatic rings. The second kappa shape index (κ2) is 17.0. The molecule has 2 aromatic carbocycles. The van der Waals surface area contributed by atoms with Crippen LogP contribution in [-0.2, 0) is 27.5 Å². The van der Waals surface area contributed by atoms with Gasteiger partial charge in [-0.3, -0.25) is 19.4 Å². The van der Waals surface area contributed by atoms with Crippen molar-refractivity contribution in [2.24, 2.45) is 4.99 Å². The molecule has 2 aromatic heterocycles. The molecule has 1 aliphatic heterocycles. The molecule has 0 fully saturated rings. The summed E-state index contributed by atoms with van der Waals surface area (Å²) >= 11 is 1.81. The smallest absolute Gasteiger partial charge is 0.300 e. The number of carboxylic acids is 3. The number of aliphatic carboxylic acids is 3. The predicted molar refractivity (Wildman–Crippen MR) is 170 cm³/mol. The molecule has 0 spiro atoms. The molecule has 5 rings (SSSR count). The Morgan fingerprint density at radius 2 is 1.70 bits per heavy atom. The van der Waals surface area contributed by atoms with Crippen molar-refractivity contribution in [3.05, 3.63) is 78.0 Å². The fourth-order valence-electron chi connectivity index (χ4n) is 3.76. The summed E-state index contributed by atoms with van der Waals surface area (Å²) in [5.41, 5.74) is 11.5. The maximum Gasteiger partial charge on any atom is 0.300 e. The van der Waals surface area contributed by atoms with Gasteiger partial charge in [-0.25, -0.2) is 4.98 Å². The minimum Gasteiger partial charge on any atom is -0.481 e. The Kier molecular flexibility index (Phi) is 13.4. The summed E-state index contributed by atoms with van der Waals surface area (Å²) in [4.78, 5) is 40.9. The van der Waals surface area contributed by atoms with Gasteiger partial charge in [0.2, 0.25) is 5.95 Å². The molecule has 0 aliphatic carbocycles. The van der Waals surface area contributed by atoms with Crippen LogP contribution >= 0.6 is 11.3 Å². The van der Waals surface area contributed by atoms with Crippen LogP contribution in [0, 0.1) is 0 Å². The van der Waals surface area contributed by atoms with Crippen LogP contribution in [0.1, 0.15) is 37.5 Å². The second-order valence-electron chi connectivity index (χ2n) is 8.95. The summed E-state index contributed by atoms with van der Waals surface area (Å²) < 4.78 is 1.28. The average Bonchev–Trinajstić information content (AvgIpc) is 3.54. The summed E-state index contributed by atoms with van der Waals surface area (Å²) in [5, 5.41) is 30.2. The fraction of sp³-hybridized carbons (Fsp3) is 0.200. The zero-order valence-corrected chi connectivity index (χ0v) is 24.8. The van der Waals surface area contributed by atoms with Gasteiger partial charge in [-0.15, -0.1) is 17.9 Å². The van der Waals surface area contributed by atoms with Crippen molar-refractivity contribution in [1.82, 2.24) is 15.3 Å². The number of nitrogens with two attached hydrogens (primary N) is 1. The van der Waals surface area contributed by atoms with Gasteiger partial charge < -0.3 is 31.7 Å². The Balaban J connectivity index is 0.000000462. The number of nitrogens with one attached hydrogen (secondary N) is 2. The van der Waals surface area contributed by atoms with Crippen molar-refractivity contribution < 1.29 is 29.7 Å². The molecule has 0 saturated heterocycles. The molecule has 0 radical (unpaired) electrons. The summed E-state index contributed by atoms with van der Waals surface area (Å²) in [6.45, 7) is 9.34. The number of anilines is 3. The van der Waals surface area contributed by atoms with Crippen LogP contribution in [0.15, 0.2) is 66.3 Å². The second-order valence-corrected chi connectivity index (χ2v) is 10.0. The third-order valence-electron chi connectivity index (χ3n) is 5.17. The third kappa shape index (κ3) is 12.1. The highest BCUT2D eigenvalue weighted by Gasteiger charge is 2.17. The first kappa shape index (κ1) is 34.1. The number of aromatic nitrogens is 2. The maximum atomic E-state index is 9.00. The molecule has 226 valence electrons. The average molecular weight is 607 g/mol. The van der Waals surface area contributed by atoms with Crippen LogP contribution < -0.4 is 16.4 Å². The molecule has 0 bridgehead atoms. The minimum absolute atomic E-state index is 0.246. The van der Waals surface area contributed by atoms with Crippen LogP contribution in [0.3, 0.4) is 0 Å². The van der Waals surface area contributed by atoms with E-state index in [1.807, 2.05) is 12.3 Å². The number of hydrogen-bond donors (Lipinski definition) is 6. The van der Waals surface area contributed by atoms with E-state index in [-0.39, 0.29) is 5.95 Å². The zero-order valence-electron chi connectivity index (χ0n) is 24.0. The van der Waals surface area contributed by atoms with Crippen LogP contribution in [0.25, 0.3) is 20.5 Å². The quantitative estimate of drug-likeness (QED) is 0.120. The maximum absolute atomic E-state index is 9.00. The Morgan fingerprint density at radius 1 is 1.02 bits per heavy atom. The number of benzene rings is 2. The lowest BCUT2D eigenvalue weighted by Crippen LogP contribution is -2.12. The number of carboxylic acid groups (broad SMARTS) is 3. The largest absolute Gasteiger partial charge is 0.481 e. The van der Waals surface area contributed by atoms with Crippen LogP contribution in [0.5, 0.6) is 0 Å². The van der Waals surface area contributed by atoms with Gasteiger partial charge in [-0.2, -0.15) is 4.98 Å². The summed E-state index contributed by atoms with van der Waals surface area (Å²) in [7, 11) is 0.